The van der Waals surface area contributed by atoms with Crippen molar-refractivity contribution in [3.8, 4) is 0 Å². The van der Waals surface area contributed by atoms with Gasteiger partial charge in [-0.1, -0.05) is 6.92 Å². The number of anilines is 1. The zero-order valence-corrected chi connectivity index (χ0v) is 24.0. The molecule has 0 saturated carbocycles. The fourth-order valence-electron chi connectivity index (χ4n) is 5.25. The Hall–Kier alpha value is -3.89. The standard InChI is InChI=1S/C28H29F9N6O2/c1-3-25(38)15-21(20-14-17(26(29,30)31)8-9-22(20)43(25)24(44)45-4-2)23-39-41-42(40-23)10-6-5-7-16-11-18(27(32,33)34)13-19(12-16)28(35,36)37/h8-9,11-14,21H,3-7,10,15,38H2,1-2H3/t21-,25+/m0/s1. The lowest BCUT2D eigenvalue weighted by molar-refractivity contribution is -0.143. The molecule has 2 aromatic carbocycles. The van der Waals surface area contributed by atoms with Gasteiger partial charge in [-0.15, -0.1) is 10.2 Å². The van der Waals surface area contributed by atoms with Crippen molar-refractivity contribution < 1.29 is 49.0 Å². The number of carbonyl (C=O) groups is 1. The quantitative estimate of drug-likeness (QED) is 0.202. The zero-order valence-electron chi connectivity index (χ0n) is 24.0. The highest BCUT2D eigenvalue weighted by Gasteiger charge is 2.47. The third kappa shape index (κ3) is 7.50. The molecule has 8 nitrogen and oxygen atoms in total. The van der Waals surface area contributed by atoms with Gasteiger partial charge in [0, 0.05) is 0 Å². The Bertz CT molecular complexity index is 1490. The van der Waals surface area contributed by atoms with Gasteiger partial charge in [0.05, 0.1) is 41.4 Å². The number of halogens is 9. The van der Waals surface area contributed by atoms with Gasteiger partial charge in [0.15, 0.2) is 5.82 Å². The van der Waals surface area contributed by atoms with Gasteiger partial charge in [-0.25, -0.2) is 4.79 Å². The van der Waals surface area contributed by atoms with E-state index < -0.39 is 52.9 Å². The van der Waals surface area contributed by atoms with Crippen molar-refractivity contribution in [3.63, 3.8) is 0 Å². The lowest BCUT2D eigenvalue weighted by Gasteiger charge is -2.46. The van der Waals surface area contributed by atoms with Crippen molar-refractivity contribution in [3.05, 3.63) is 70.0 Å². The number of amides is 1. The van der Waals surface area contributed by atoms with Crippen molar-refractivity contribution in [1.82, 2.24) is 20.2 Å². The van der Waals surface area contributed by atoms with Crippen molar-refractivity contribution in [2.75, 3.05) is 11.5 Å². The first-order valence-corrected chi connectivity index (χ1v) is 13.9. The second kappa shape index (κ2) is 12.5. The molecule has 2 heterocycles. The first-order valence-electron chi connectivity index (χ1n) is 13.9. The van der Waals surface area contributed by atoms with Crippen molar-refractivity contribution >= 4 is 11.8 Å². The van der Waals surface area contributed by atoms with E-state index in [9.17, 15) is 44.3 Å². The Balaban J connectivity index is 1.56. The summed E-state index contributed by atoms with van der Waals surface area (Å²) in [4.78, 5) is 15.2. The van der Waals surface area contributed by atoms with Crippen LogP contribution < -0.4 is 10.6 Å². The Morgan fingerprint density at radius 1 is 0.933 bits per heavy atom. The van der Waals surface area contributed by atoms with Crippen LogP contribution in [0.2, 0.25) is 0 Å². The molecule has 17 heteroatoms. The molecule has 3 aromatic rings. The molecule has 45 heavy (non-hydrogen) atoms. The Morgan fingerprint density at radius 2 is 1.56 bits per heavy atom. The van der Waals surface area contributed by atoms with Crippen LogP contribution in [0.15, 0.2) is 36.4 Å². The van der Waals surface area contributed by atoms with Gasteiger partial charge in [0.1, 0.15) is 5.66 Å². The zero-order chi connectivity index (χ0) is 33.4. The fraction of sp³-hybridized carbons (Fsp3) is 0.500. The van der Waals surface area contributed by atoms with Crippen LogP contribution in [0.25, 0.3) is 0 Å². The highest BCUT2D eigenvalue weighted by Crippen LogP contribution is 2.47. The summed E-state index contributed by atoms with van der Waals surface area (Å²) in [5.41, 5.74) is 1.50. The van der Waals surface area contributed by atoms with Crippen molar-refractivity contribution in [1.29, 1.82) is 0 Å². The predicted molar refractivity (Wildman–Crippen MR) is 142 cm³/mol. The third-order valence-corrected chi connectivity index (χ3v) is 7.54. The van der Waals surface area contributed by atoms with Gasteiger partial charge in [-0.2, -0.15) is 44.3 Å². The van der Waals surface area contributed by atoms with Crippen LogP contribution in [0.1, 0.15) is 79.1 Å². The summed E-state index contributed by atoms with van der Waals surface area (Å²) in [6, 6.07) is 4.27. The minimum absolute atomic E-state index is 0.00165. The molecule has 2 N–H and O–H groups in total. The fourth-order valence-corrected chi connectivity index (χ4v) is 5.25. The van der Waals surface area contributed by atoms with E-state index in [2.05, 4.69) is 15.4 Å². The number of tetrazole rings is 1. The van der Waals surface area contributed by atoms with E-state index in [-0.39, 0.29) is 74.0 Å². The van der Waals surface area contributed by atoms with Crippen LogP contribution in [0.3, 0.4) is 0 Å². The number of fused-ring (bicyclic) bond motifs is 1. The average Bonchev–Trinajstić information content (AvgIpc) is 3.42. The van der Waals surface area contributed by atoms with Crippen molar-refractivity contribution in [2.24, 2.45) is 5.73 Å². The van der Waals surface area contributed by atoms with E-state index in [1.54, 1.807) is 13.8 Å². The van der Waals surface area contributed by atoms with Crippen LogP contribution >= 0.6 is 0 Å². The van der Waals surface area contributed by atoms with Crippen LogP contribution in [0, 0.1) is 0 Å². The van der Waals surface area contributed by atoms with E-state index in [1.165, 1.54) is 0 Å². The molecule has 2 atom stereocenters. The van der Waals surface area contributed by atoms with Gasteiger partial charge >= 0.3 is 24.6 Å². The molecule has 1 aliphatic rings. The molecular weight excluding hydrogens is 623 g/mol. The number of carbonyl (C=O) groups excluding carboxylic acids is 1. The van der Waals surface area contributed by atoms with Crippen molar-refractivity contribution in [2.45, 2.75) is 82.6 Å². The maximum atomic E-state index is 13.7. The molecule has 0 spiro atoms. The predicted octanol–water partition coefficient (Wildman–Crippen LogP) is 7.32. The Morgan fingerprint density at radius 3 is 2.11 bits per heavy atom. The summed E-state index contributed by atoms with van der Waals surface area (Å²) in [5, 5.41) is 12.2. The largest absolute Gasteiger partial charge is 0.449 e. The minimum Gasteiger partial charge on any atom is -0.449 e. The molecule has 0 fully saturated rings. The Labute approximate surface area is 251 Å². The second-order valence-electron chi connectivity index (χ2n) is 10.6. The molecule has 0 radical (unpaired) electrons. The Kier molecular flexibility index (Phi) is 9.43. The molecule has 1 aliphatic heterocycles. The highest BCUT2D eigenvalue weighted by molar-refractivity contribution is 5.91. The maximum absolute atomic E-state index is 13.7. The van der Waals surface area contributed by atoms with E-state index in [0.29, 0.717) is 12.1 Å². The lowest BCUT2D eigenvalue weighted by atomic mass is 9.80. The number of unbranched alkanes of at least 4 members (excludes halogenated alkanes) is 1. The number of hydrogen-bond donors (Lipinski definition) is 1. The molecule has 246 valence electrons. The maximum Gasteiger partial charge on any atom is 0.416 e. The van der Waals surface area contributed by atoms with Crippen LogP contribution in [0.5, 0.6) is 0 Å². The number of rotatable bonds is 8. The number of aromatic nitrogens is 4. The summed E-state index contributed by atoms with van der Waals surface area (Å²) in [5.74, 6) is -0.882. The molecule has 0 bridgehead atoms. The molecule has 0 unspecified atom stereocenters. The first-order chi connectivity index (χ1) is 20.9. The van der Waals surface area contributed by atoms with Gasteiger partial charge in [0.2, 0.25) is 0 Å². The molecule has 0 saturated heterocycles. The number of nitrogens with two attached hydrogens (primary N) is 1. The van der Waals surface area contributed by atoms with Gasteiger partial charge in [-0.3, -0.25) is 4.90 Å². The number of benzene rings is 2. The van der Waals surface area contributed by atoms with Gasteiger partial charge < -0.3 is 10.5 Å². The molecule has 1 amide bonds. The van der Waals surface area contributed by atoms with Gasteiger partial charge in [0.25, 0.3) is 0 Å². The summed E-state index contributed by atoms with van der Waals surface area (Å²) in [6.45, 7) is 3.34. The summed E-state index contributed by atoms with van der Waals surface area (Å²) >= 11 is 0. The summed E-state index contributed by atoms with van der Waals surface area (Å²) in [7, 11) is 0. The summed E-state index contributed by atoms with van der Waals surface area (Å²) in [6.07, 6.45) is -15.0. The minimum atomic E-state index is -4.96. The SMILES string of the molecule is CCOC(=O)N1c2ccc(C(F)(F)F)cc2[C@@H](c2nnn(CCCCc3cc(C(F)(F)F)cc(C(F)(F)F)c3)n2)C[C@@]1(N)CC. The monoisotopic (exact) mass is 652 g/mol. The smallest absolute Gasteiger partial charge is 0.416 e. The lowest BCUT2D eigenvalue weighted by Crippen LogP contribution is -2.61. The number of alkyl halides is 9. The topological polar surface area (TPSA) is 99.2 Å². The average molecular weight is 653 g/mol. The molecule has 0 aliphatic carbocycles. The molecule has 1 aromatic heterocycles. The van der Waals surface area contributed by atoms with E-state index in [1.807, 2.05) is 0 Å². The van der Waals surface area contributed by atoms with Gasteiger partial charge in [-0.05, 0) is 91.8 Å². The number of hydrogen-bond acceptors (Lipinski definition) is 6. The second-order valence-corrected chi connectivity index (χ2v) is 10.6. The number of nitrogens with zero attached hydrogens (tertiary/aromatic N) is 5. The normalized spacial score (nSPS) is 19.0. The van der Waals surface area contributed by atoms with E-state index >= 15 is 0 Å². The van der Waals surface area contributed by atoms with Crippen LogP contribution in [0.4, 0.5) is 50.0 Å². The van der Waals surface area contributed by atoms with E-state index in [4.69, 9.17) is 10.5 Å². The number of ether oxygens (including phenoxy) is 1. The summed E-state index contributed by atoms with van der Waals surface area (Å²) < 4.78 is 125. The first kappa shape index (κ1) is 34.0. The molecular formula is C28H29F9N6O2. The molecule has 4 rings (SSSR count). The number of aryl methyl sites for hydroxylation is 2. The van der Waals surface area contributed by atoms with E-state index in [0.717, 1.165) is 27.9 Å². The third-order valence-electron chi connectivity index (χ3n) is 7.54. The van der Waals surface area contributed by atoms with Crippen LogP contribution in [-0.2, 0) is 36.2 Å². The highest BCUT2D eigenvalue weighted by atomic mass is 19.4. The van der Waals surface area contributed by atoms with Crippen LogP contribution in [-0.4, -0.2) is 38.6 Å².